The summed E-state index contributed by atoms with van der Waals surface area (Å²) in [6.07, 6.45) is 0.966. The number of pyridine rings is 1. The Kier molecular flexibility index (Phi) is 11.2. The van der Waals surface area contributed by atoms with Crippen LogP contribution in [0.15, 0.2) is 51.7 Å². The van der Waals surface area contributed by atoms with Gasteiger partial charge in [-0.1, -0.05) is 32.9 Å². The molecule has 0 amide bonds. The van der Waals surface area contributed by atoms with E-state index in [-0.39, 0.29) is 30.8 Å². The molecule has 214 valence electrons. The monoisotopic (exact) mass is 550 g/mol. The van der Waals surface area contributed by atoms with Crippen LogP contribution in [-0.2, 0) is 19.0 Å². The van der Waals surface area contributed by atoms with Crippen molar-refractivity contribution in [3.8, 4) is 23.1 Å². The second-order valence-electron chi connectivity index (χ2n) is 10.6. The van der Waals surface area contributed by atoms with Crippen LogP contribution in [0.25, 0.3) is 22.2 Å². The Labute approximate surface area is 235 Å². The van der Waals surface area contributed by atoms with Gasteiger partial charge >= 0.3 is 11.6 Å². The lowest BCUT2D eigenvalue weighted by Crippen LogP contribution is -2.34. The number of fused-ring (bicyclic) bond motifs is 1. The molecular formula is C31H38N2O7. The van der Waals surface area contributed by atoms with Crippen LogP contribution in [0.3, 0.4) is 0 Å². The van der Waals surface area contributed by atoms with E-state index in [9.17, 15) is 9.59 Å². The minimum absolute atomic E-state index is 0.162. The number of carbonyl (C=O) groups excluding carboxylic acids is 1. The highest BCUT2D eigenvalue weighted by Crippen LogP contribution is 2.32. The Morgan fingerprint density at radius 1 is 1.00 bits per heavy atom. The highest BCUT2D eigenvalue weighted by molar-refractivity contribution is 5.79. The van der Waals surface area contributed by atoms with Gasteiger partial charge in [0.2, 0.25) is 11.6 Å². The first kappa shape index (κ1) is 30.8. The minimum Gasteiger partial charge on any atom is -0.475 e. The number of esters is 1. The SMILES string of the molecule is CC(C)CC(C)C(C)(C)C(=O)OCCOCCOCCOc1ccc2cc(-c3cccc(C#N)c3)c(=O)oc2n1. The molecule has 3 rings (SSSR count). The average molecular weight is 551 g/mol. The van der Waals surface area contributed by atoms with E-state index in [4.69, 9.17) is 28.6 Å². The maximum Gasteiger partial charge on any atom is 0.345 e. The first-order valence-corrected chi connectivity index (χ1v) is 13.5. The van der Waals surface area contributed by atoms with Crippen molar-refractivity contribution in [1.29, 1.82) is 5.26 Å². The fourth-order valence-corrected chi connectivity index (χ4v) is 4.13. The molecule has 0 bridgehead atoms. The fourth-order valence-electron chi connectivity index (χ4n) is 4.13. The molecule has 0 aliphatic carbocycles. The van der Waals surface area contributed by atoms with Crippen LogP contribution in [0.5, 0.6) is 5.88 Å². The van der Waals surface area contributed by atoms with Gasteiger partial charge in [-0.05, 0) is 61.9 Å². The third-order valence-electron chi connectivity index (χ3n) is 6.77. The summed E-state index contributed by atoms with van der Waals surface area (Å²) >= 11 is 0. The van der Waals surface area contributed by atoms with Crippen LogP contribution in [0.2, 0.25) is 0 Å². The van der Waals surface area contributed by atoms with Crippen molar-refractivity contribution < 1.29 is 28.2 Å². The largest absolute Gasteiger partial charge is 0.475 e. The highest BCUT2D eigenvalue weighted by Gasteiger charge is 2.35. The van der Waals surface area contributed by atoms with E-state index < -0.39 is 11.0 Å². The van der Waals surface area contributed by atoms with Gasteiger partial charge in [0.15, 0.2) is 0 Å². The Hall–Kier alpha value is -3.74. The number of hydrogen-bond donors (Lipinski definition) is 0. The lowest BCUT2D eigenvalue weighted by atomic mass is 9.76. The van der Waals surface area contributed by atoms with Crippen LogP contribution in [-0.4, -0.2) is 50.6 Å². The molecule has 9 nitrogen and oxygen atoms in total. The third-order valence-corrected chi connectivity index (χ3v) is 6.77. The Balaban J connectivity index is 1.34. The van der Waals surface area contributed by atoms with Crippen molar-refractivity contribution in [2.45, 2.75) is 41.0 Å². The molecule has 1 aromatic carbocycles. The van der Waals surface area contributed by atoms with Gasteiger partial charge < -0.3 is 23.4 Å². The van der Waals surface area contributed by atoms with Crippen LogP contribution < -0.4 is 10.4 Å². The quantitative estimate of drug-likeness (QED) is 0.181. The molecule has 1 unspecified atom stereocenters. The number of nitriles is 1. The van der Waals surface area contributed by atoms with Crippen LogP contribution in [0.4, 0.5) is 0 Å². The molecule has 2 heterocycles. The zero-order valence-corrected chi connectivity index (χ0v) is 23.9. The summed E-state index contributed by atoms with van der Waals surface area (Å²) in [6.45, 7) is 12.0. The summed E-state index contributed by atoms with van der Waals surface area (Å²) in [4.78, 5) is 29.2. The molecule has 0 saturated carbocycles. The average Bonchev–Trinajstić information content (AvgIpc) is 2.93. The second kappa shape index (κ2) is 14.6. The maximum atomic E-state index is 12.5. The van der Waals surface area contributed by atoms with Gasteiger partial charge in [-0.3, -0.25) is 4.79 Å². The van der Waals surface area contributed by atoms with Gasteiger partial charge in [0, 0.05) is 11.5 Å². The lowest BCUT2D eigenvalue weighted by Gasteiger charge is -2.30. The van der Waals surface area contributed by atoms with E-state index in [1.807, 2.05) is 13.8 Å². The standard InChI is InChI=1S/C31H38N2O7/c1-21(2)17-22(3)31(4,5)30(35)39-16-14-37-12-11-36-13-15-38-27-10-9-25-19-26(29(34)40-28(25)33-27)24-8-6-7-23(18-24)20-32/h6-10,18-19,21-22H,11-17H2,1-5H3. The predicted molar refractivity (Wildman–Crippen MR) is 151 cm³/mol. The molecule has 0 fully saturated rings. The third kappa shape index (κ3) is 8.63. The minimum atomic E-state index is -0.547. The van der Waals surface area contributed by atoms with E-state index in [0.29, 0.717) is 60.3 Å². The molecule has 0 radical (unpaired) electrons. The summed E-state index contributed by atoms with van der Waals surface area (Å²) in [7, 11) is 0. The predicted octanol–water partition coefficient (Wildman–Crippen LogP) is 5.39. The van der Waals surface area contributed by atoms with Gasteiger partial charge in [-0.2, -0.15) is 10.2 Å². The summed E-state index contributed by atoms with van der Waals surface area (Å²) in [5.74, 6) is 0.858. The van der Waals surface area contributed by atoms with Gasteiger partial charge in [0.1, 0.15) is 13.2 Å². The summed E-state index contributed by atoms with van der Waals surface area (Å²) < 4.78 is 27.4. The number of hydrogen-bond acceptors (Lipinski definition) is 9. The topological polar surface area (TPSA) is 121 Å². The van der Waals surface area contributed by atoms with Gasteiger partial charge in [0.25, 0.3) is 0 Å². The number of benzene rings is 1. The molecule has 0 aliphatic heterocycles. The van der Waals surface area contributed by atoms with E-state index >= 15 is 0 Å². The molecule has 40 heavy (non-hydrogen) atoms. The number of ether oxygens (including phenoxy) is 4. The summed E-state index contributed by atoms with van der Waals surface area (Å²) in [5, 5.41) is 9.75. The van der Waals surface area contributed by atoms with Gasteiger partial charge in [-0.25, -0.2) is 4.79 Å². The van der Waals surface area contributed by atoms with Crippen LogP contribution >= 0.6 is 0 Å². The van der Waals surface area contributed by atoms with Gasteiger partial charge in [0.05, 0.1) is 49.0 Å². The first-order chi connectivity index (χ1) is 19.1. The van der Waals surface area contributed by atoms with Crippen molar-refractivity contribution in [2.24, 2.45) is 17.3 Å². The van der Waals surface area contributed by atoms with Crippen LogP contribution in [0, 0.1) is 28.6 Å². The molecule has 9 heteroatoms. The Morgan fingerprint density at radius 3 is 2.40 bits per heavy atom. The molecule has 0 saturated heterocycles. The number of nitrogens with zero attached hydrogens (tertiary/aromatic N) is 2. The van der Waals surface area contributed by atoms with Crippen molar-refractivity contribution in [2.75, 3.05) is 39.6 Å². The second-order valence-corrected chi connectivity index (χ2v) is 10.6. The van der Waals surface area contributed by atoms with Crippen molar-refractivity contribution in [3.63, 3.8) is 0 Å². The summed E-state index contributed by atoms with van der Waals surface area (Å²) in [5.41, 5.74) is 0.499. The van der Waals surface area contributed by atoms with E-state index in [1.165, 1.54) is 0 Å². The fraction of sp³-hybridized carbons (Fsp3) is 0.484. The highest BCUT2D eigenvalue weighted by atomic mass is 16.6. The zero-order chi connectivity index (χ0) is 29.1. The van der Waals surface area contributed by atoms with Crippen molar-refractivity contribution >= 4 is 17.1 Å². The molecule has 0 aliphatic rings. The molecule has 2 aromatic heterocycles. The van der Waals surface area contributed by atoms with E-state index in [1.54, 1.807) is 42.5 Å². The molecule has 0 spiro atoms. The first-order valence-electron chi connectivity index (χ1n) is 13.5. The van der Waals surface area contributed by atoms with Crippen LogP contribution in [0.1, 0.15) is 46.6 Å². The van der Waals surface area contributed by atoms with Crippen molar-refractivity contribution in [1.82, 2.24) is 4.98 Å². The number of carbonyl (C=O) groups is 1. The Bertz CT molecular complexity index is 1370. The molecule has 1 atom stereocenters. The molecule has 0 N–H and O–H groups in total. The lowest BCUT2D eigenvalue weighted by molar-refractivity contribution is -0.158. The van der Waals surface area contributed by atoms with E-state index in [0.717, 1.165) is 6.42 Å². The molecular weight excluding hydrogens is 512 g/mol. The zero-order valence-electron chi connectivity index (χ0n) is 23.9. The van der Waals surface area contributed by atoms with Crippen molar-refractivity contribution in [3.05, 3.63) is 58.4 Å². The summed E-state index contributed by atoms with van der Waals surface area (Å²) in [6, 6.07) is 14.0. The Morgan fingerprint density at radius 2 is 1.70 bits per heavy atom. The van der Waals surface area contributed by atoms with E-state index in [2.05, 4.69) is 31.8 Å². The smallest absolute Gasteiger partial charge is 0.345 e. The number of rotatable bonds is 15. The maximum absolute atomic E-state index is 12.5. The molecule has 3 aromatic rings. The van der Waals surface area contributed by atoms with Gasteiger partial charge in [-0.15, -0.1) is 0 Å². The normalized spacial score (nSPS) is 12.3. The number of aromatic nitrogens is 1.